The number of pyridine rings is 1. The van der Waals surface area contributed by atoms with E-state index in [1.807, 2.05) is 10.6 Å². The van der Waals surface area contributed by atoms with Gasteiger partial charge in [-0.15, -0.1) is 0 Å². The zero-order chi connectivity index (χ0) is 14.5. The van der Waals surface area contributed by atoms with E-state index in [-0.39, 0.29) is 5.75 Å². The van der Waals surface area contributed by atoms with E-state index < -0.39 is 5.97 Å². The first kappa shape index (κ1) is 15.3. The second-order valence-corrected chi connectivity index (χ2v) is 6.29. The molecule has 0 aromatic carbocycles. The van der Waals surface area contributed by atoms with E-state index in [1.54, 1.807) is 6.20 Å². The lowest BCUT2D eigenvalue weighted by Gasteiger charge is -2.06. The van der Waals surface area contributed by atoms with Crippen LogP contribution in [0.25, 0.3) is 11.2 Å². The number of aryl methyl sites for hydroxylation is 1. The summed E-state index contributed by atoms with van der Waals surface area (Å²) in [5, 5.41) is 9.54. The Balaban J connectivity index is 2.31. The Morgan fingerprint density at radius 3 is 3.00 bits per heavy atom. The SMILES string of the molecule is CCCCCn1c(SCC(=O)O)nc2cc(Br)cnc21. The number of halogens is 1. The largest absolute Gasteiger partial charge is 0.481 e. The molecule has 2 aromatic heterocycles. The molecule has 0 atom stereocenters. The minimum Gasteiger partial charge on any atom is -0.481 e. The molecule has 7 heteroatoms. The second kappa shape index (κ2) is 7.08. The Kier molecular flexibility index (Phi) is 5.42. The van der Waals surface area contributed by atoms with Crippen LogP contribution in [0.2, 0.25) is 0 Å². The molecule has 0 saturated carbocycles. The molecule has 0 spiro atoms. The standard InChI is InChI=1S/C13H16BrN3O2S/c1-2-3-4-5-17-12-10(6-9(14)7-15-12)16-13(17)20-8-11(18)19/h6-7H,2-5,8H2,1H3,(H,18,19). The van der Waals surface area contributed by atoms with Crippen LogP contribution >= 0.6 is 27.7 Å². The number of carboxylic acid groups (broad SMARTS) is 1. The molecule has 108 valence electrons. The molecule has 0 bridgehead atoms. The maximum absolute atomic E-state index is 10.7. The number of carbonyl (C=O) groups is 1. The number of fused-ring (bicyclic) bond motifs is 1. The number of nitrogens with zero attached hydrogens (tertiary/aromatic N) is 3. The number of rotatable bonds is 7. The van der Waals surface area contributed by atoms with Crippen molar-refractivity contribution in [2.75, 3.05) is 5.75 Å². The Hall–Kier alpha value is -1.08. The predicted molar refractivity (Wildman–Crippen MR) is 83.1 cm³/mol. The minimum atomic E-state index is -0.837. The smallest absolute Gasteiger partial charge is 0.313 e. The van der Waals surface area contributed by atoms with Crippen molar-refractivity contribution in [2.45, 2.75) is 37.9 Å². The minimum absolute atomic E-state index is 0.0122. The van der Waals surface area contributed by atoms with E-state index in [4.69, 9.17) is 5.11 Å². The van der Waals surface area contributed by atoms with Crippen LogP contribution in [0.15, 0.2) is 21.9 Å². The van der Waals surface area contributed by atoms with Crippen LogP contribution in [0.4, 0.5) is 0 Å². The van der Waals surface area contributed by atoms with Crippen LogP contribution in [0.3, 0.4) is 0 Å². The van der Waals surface area contributed by atoms with Crippen molar-refractivity contribution >= 4 is 44.8 Å². The van der Waals surface area contributed by atoms with Gasteiger partial charge < -0.3 is 9.67 Å². The van der Waals surface area contributed by atoms with Crippen LogP contribution in [0, 0.1) is 0 Å². The van der Waals surface area contributed by atoms with Crippen molar-refractivity contribution in [2.24, 2.45) is 0 Å². The van der Waals surface area contributed by atoms with Gasteiger partial charge in [0.2, 0.25) is 0 Å². The van der Waals surface area contributed by atoms with E-state index >= 15 is 0 Å². The first-order valence-corrected chi connectivity index (χ1v) is 8.26. The topological polar surface area (TPSA) is 68.0 Å². The molecule has 1 N–H and O–H groups in total. The van der Waals surface area contributed by atoms with Crippen LogP contribution in [-0.2, 0) is 11.3 Å². The number of carboxylic acids is 1. The monoisotopic (exact) mass is 357 g/mol. The van der Waals surface area contributed by atoms with Crippen molar-refractivity contribution < 1.29 is 9.90 Å². The highest BCUT2D eigenvalue weighted by molar-refractivity contribution is 9.10. The molecule has 0 saturated heterocycles. The second-order valence-electron chi connectivity index (χ2n) is 4.43. The molecule has 0 aliphatic heterocycles. The number of imidazole rings is 1. The Bertz CT molecular complexity index is 615. The van der Waals surface area contributed by atoms with Crippen LogP contribution in [-0.4, -0.2) is 31.4 Å². The molecule has 2 aromatic rings. The molecule has 20 heavy (non-hydrogen) atoms. The van der Waals surface area contributed by atoms with E-state index in [0.29, 0.717) is 0 Å². The number of aromatic nitrogens is 3. The van der Waals surface area contributed by atoms with Crippen LogP contribution in [0.1, 0.15) is 26.2 Å². The summed E-state index contributed by atoms with van der Waals surface area (Å²) >= 11 is 4.62. The van der Waals surface area contributed by atoms with Gasteiger partial charge in [-0.25, -0.2) is 9.97 Å². The maximum Gasteiger partial charge on any atom is 0.313 e. The lowest BCUT2D eigenvalue weighted by atomic mass is 10.2. The van der Waals surface area contributed by atoms with Crippen molar-refractivity contribution in [3.05, 3.63) is 16.7 Å². The first-order chi connectivity index (χ1) is 9.61. The summed E-state index contributed by atoms with van der Waals surface area (Å²) in [6.07, 6.45) is 5.06. The fourth-order valence-corrected chi connectivity index (χ4v) is 2.99. The fraction of sp³-hybridized carbons (Fsp3) is 0.462. The molecule has 0 fully saturated rings. The molecule has 0 radical (unpaired) electrons. The summed E-state index contributed by atoms with van der Waals surface area (Å²) in [4.78, 5) is 19.6. The number of aliphatic carboxylic acids is 1. The van der Waals surface area contributed by atoms with Crippen LogP contribution in [0.5, 0.6) is 0 Å². The Morgan fingerprint density at radius 2 is 2.30 bits per heavy atom. The van der Waals surface area contributed by atoms with Crippen molar-refractivity contribution in [3.8, 4) is 0 Å². The summed E-state index contributed by atoms with van der Waals surface area (Å²) in [5.74, 6) is -0.825. The molecule has 2 heterocycles. The predicted octanol–water partition coefficient (Wildman–Crippen LogP) is 3.56. The third kappa shape index (κ3) is 3.73. The molecule has 0 aliphatic carbocycles. The molecular formula is C13H16BrN3O2S. The fourth-order valence-electron chi connectivity index (χ4n) is 1.92. The molecule has 0 aliphatic rings. The van der Waals surface area contributed by atoms with Gasteiger partial charge in [0, 0.05) is 17.2 Å². The van der Waals surface area contributed by atoms with Gasteiger partial charge in [0.25, 0.3) is 0 Å². The zero-order valence-electron chi connectivity index (χ0n) is 11.2. The zero-order valence-corrected chi connectivity index (χ0v) is 13.6. The number of hydrogen-bond donors (Lipinski definition) is 1. The van der Waals surface area contributed by atoms with E-state index in [0.717, 1.165) is 46.6 Å². The van der Waals surface area contributed by atoms with Crippen molar-refractivity contribution in [3.63, 3.8) is 0 Å². The average molecular weight is 358 g/mol. The molecular weight excluding hydrogens is 342 g/mol. The number of unbranched alkanes of at least 4 members (excludes halogenated alkanes) is 2. The quantitative estimate of drug-likeness (QED) is 0.606. The first-order valence-electron chi connectivity index (χ1n) is 6.48. The van der Waals surface area contributed by atoms with Crippen LogP contribution < -0.4 is 0 Å². The summed E-state index contributed by atoms with van der Waals surface area (Å²) in [5.41, 5.74) is 1.61. The molecule has 0 unspecified atom stereocenters. The molecule has 0 amide bonds. The molecule has 2 rings (SSSR count). The summed E-state index contributed by atoms with van der Waals surface area (Å²) < 4.78 is 2.89. The van der Waals surface area contributed by atoms with Gasteiger partial charge in [0.15, 0.2) is 10.8 Å². The van der Waals surface area contributed by atoms with Gasteiger partial charge in [-0.1, -0.05) is 31.5 Å². The van der Waals surface area contributed by atoms with Gasteiger partial charge in [0.1, 0.15) is 5.52 Å². The Labute approximate surface area is 129 Å². The number of thioether (sulfide) groups is 1. The van der Waals surface area contributed by atoms with Gasteiger partial charge in [-0.2, -0.15) is 0 Å². The van der Waals surface area contributed by atoms with E-state index in [2.05, 4.69) is 32.8 Å². The third-order valence-corrected chi connectivity index (χ3v) is 4.22. The van der Waals surface area contributed by atoms with E-state index in [9.17, 15) is 4.79 Å². The van der Waals surface area contributed by atoms with Gasteiger partial charge in [0.05, 0.1) is 5.75 Å². The van der Waals surface area contributed by atoms with Gasteiger partial charge in [-0.05, 0) is 28.4 Å². The number of hydrogen-bond acceptors (Lipinski definition) is 4. The highest BCUT2D eigenvalue weighted by atomic mass is 79.9. The lowest BCUT2D eigenvalue weighted by Crippen LogP contribution is -2.04. The van der Waals surface area contributed by atoms with Gasteiger partial charge >= 0.3 is 5.97 Å². The summed E-state index contributed by atoms with van der Waals surface area (Å²) in [7, 11) is 0. The third-order valence-electron chi connectivity index (χ3n) is 2.83. The van der Waals surface area contributed by atoms with E-state index in [1.165, 1.54) is 11.8 Å². The lowest BCUT2D eigenvalue weighted by molar-refractivity contribution is -0.133. The summed E-state index contributed by atoms with van der Waals surface area (Å²) in [6.45, 7) is 2.97. The highest BCUT2D eigenvalue weighted by Crippen LogP contribution is 2.25. The average Bonchev–Trinajstić information content (AvgIpc) is 2.74. The van der Waals surface area contributed by atoms with Crippen molar-refractivity contribution in [1.82, 2.24) is 14.5 Å². The van der Waals surface area contributed by atoms with Gasteiger partial charge in [-0.3, -0.25) is 4.79 Å². The maximum atomic E-state index is 10.7. The molecule has 5 nitrogen and oxygen atoms in total. The Morgan fingerprint density at radius 1 is 1.50 bits per heavy atom. The highest BCUT2D eigenvalue weighted by Gasteiger charge is 2.13. The summed E-state index contributed by atoms with van der Waals surface area (Å²) in [6, 6.07) is 1.91. The normalized spacial score (nSPS) is 11.1. The van der Waals surface area contributed by atoms with Crippen molar-refractivity contribution in [1.29, 1.82) is 0 Å².